The van der Waals surface area contributed by atoms with Crippen LogP contribution in [0, 0.1) is 0 Å². The second-order valence-corrected chi connectivity index (χ2v) is 5.43. The summed E-state index contributed by atoms with van der Waals surface area (Å²) in [6, 6.07) is 12.9. The van der Waals surface area contributed by atoms with Crippen LogP contribution >= 0.6 is 23.2 Å². The summed E-state index contributed by atoms with van der Waals surface area (Å²) in [5, 5.41) is 5.36. The number of nitrogens with zero attached hydrogens (tertiary/aromatic N) is 2. The monoisotopic (exact) mass is 333 g/mol. The lowest BCUT2D eigenvalue weighted by Crippen LogP contribution is -2.12. The molecule has 6 heteroatoms. The van der Waals surface area contributed by atoms with Gasteiger partial charge in [0.2, 0.25) is 0 Å². The maximum Gasteiger partial charge on any atom is 0.137 e. The van der Waals surface area contributed by atoms with Crippen molar-refractivity contribution in [2.45, 2.75) is 0 Å². The van der Waals surface area contributed by atoms with E-state index < -0.39 is 0 Å². The Hall–Kier alpha value is -2.04. The Morgan fingerprint density at radius 3 is 2.77 bits per heavy atom. The maximum absolute atomic E-state index is 6.04. The zero-order valence-corrected chi connectivity index (χ0v) is 13.1. The van der Waals surface area contributed by atoms with Gasteiger partial charge in [-0.05, 0) is 30.3 Å². The second kappa shape index (κ2) is 6.81. The normalized spacial score (nSPS) is 10.6. The third-order valence-corrected chi connectivity index (χ3v) is 3.63. The first-order chi connectivity index (χ1) is 10.7. The number of aromatic nitrogens is 2. The summed E-state index contributed by atoms with van der Waals surface area (Å²) in [5.74, 6) is 1.40. The average Bonchev–Trinajstić information content (AvgIpc) is 2.53. The summed E-state index contributed by atoms with van der Waals surface area (Å²) < 4.78 is 5.63. The molecule has 0 aliphatic rings. The van der Waals surface area contributed by atoms with Crippen LogP contribution in [0.3, 0.4) is 0 Å². The van der Waals surface area contributed by atoms with Crippen LogP contribution in [-0.4, -0.2) is 23.1 Å². The Morgan fingerprint density at radius 1 is 1.05 bits per heavy atom. The van der Waals surface area contributed by atoms with E-state index in [0.29, 0.717) is 28.9 Å². The molecule has 2 aromatic carbocycles. The lowest BCUT2D eigenvalue weighted by Gasteiger charge is -2.10. The van der Waals surface area contributed by atoms with Crippen molar-refractivity contribution in [1.29, 1.82) is 0 Å². The molecular weight excluding hydrogens is 321 g/mol. The standard InChI is InChI=1S/C16H13Cl2N3O/c17-11-5-6-14-12(9-11)16(21-10-20-14)19-7-8-22-15-4-2-1-3-13(15)18/h1-6,9-10H,7-8H2,(H,19,20,21). The van der Waals surface area contributed by atoms with Gasteiger partial charge in [-0.1, -0.05) is 35.3 Å². The van der Waals surface area contributed by atoms with Crippen LogP contribution in [-0.2, 0) is 0 Å². The lowest BCUT2D eigenvalue weighted by molar-refractivity contribution is 0.333. The molecule has 1 aromatic heterocycles. The first kappa shape index (κ1) is 14.9. The first-order valence-corrected chi connectivity index (χ1v) is 7.51. The molecule has 3 rings (SSSR count). The topological polar surface area (TPSA) is 47.0 Å². The number of fused-ring (bicyclic) bond motifs is 1. The largest absolute Gasteiger partial charge is 0.490 e. The molecule has 4 nitrogen and oxygen atoms in total. The summed E-state index contributed by atoms with van der Waals surface area (Å²) in [4.78, 5) is 8.46. The van der Waals surface area contributed by atoms with E-state index in [-0.39, 0.29) is 0 Å². The Labute approximate surface area is 138 Å². The number of nitrogens with one attached hydrogen (secondary N) is 1. The van der Waals surface area contributed by atoms with Crippen molar-refractivity contribution >= 4 is 39.9 Å². The highest BCUT2D eigenvalue weighted by Crippen LogP contribution is 2.24. The highest BCUT2D eigenvalue weighted by Gasteiger charge is 2.04. The summed E-state index contributed by atoms with van der Waals surface area (Å²) >= 11 is 12.1. The second-order valence-electron chi connectivity index (χ2n) is 4.59. The first-order valence-electron chi connectivity index (χ1n) is 6.75. The molecule has 0 bridgehead atoms. The number of hydrogen-bond acceptors (Lipinski definition) is 4. The van der Waals surface area contributed by atoms with Gasteiger partial charge in [0.25, 0.3) is 0 Å². The molecule has 0 aliphatic heterocycles. The van der Waals surface area contributed by atoms with Crippen molar-refractivity contribution < 1.29 is 4.74 Å². The quantitative estimate of drug-likeness (QED) is 0.701. The number of benzene rings is 2. The van der Waals surface area contributed by atoms with Crippen LogP contribution in [0.1, 0.15) is 0 Å². The molecule has 1 N–H and O–H groups in total. The third-order valence-electron chi connectivity index (χ3n) is 3.09. The predicted molar refractivity (Wildman–Crippen MR) is 90.0 cm³/mol. The molecule has 0 aliphatic carbocycles. The molecule has 1 heterocycles. The fraction of sp³-hybridized carbons (Fsp3) is 0.125. The van der Waals surface area contributed by atoms with Gasteiger partial charge in [-0.25, -0.2) is 9.97 Å². The molecule has 22 heavy (non-hydrogen) atoms. The van der Waals surface area contributed by atoms with E-state index in [1.165, 1.54) is 6.33 Å². The van der Waals surface area contributed by atoms with E-state index in [2.05, 4.69) is 15.3 Å². The summed E-state index contributed by atoms with van der Waals surface area (Å²) in [7, 11) is 0. The fourth-order valence-corrected chi connectivity index (χ4v) is 2.42. The van der Waals surface area contributed by atoms with E-state index in [9.17, 15) is 0 Å². The van der Waals surface area contributed by atoms with Crippen molar-refractivity contribution in [1.82, 2.24) is 9.97 Å². The van der Waals surface area contributed by atoms with Crippen molar-refractivity contribution in [2.24, 2.45) is 0 Å². The SMILES string of the molecule is Clc1ccc2ncnc(NCCOc3ccccc3Cl)c2c1. The van der Waals surface area contributed by atoms with E-state index in [4.69, 9.17) is 27.9 Å². The number of hydrogen-bond donors (Lipinski definition) is 1. The molecule has 0 spiro atoms. The zero-order valence-electron chi connectivity index (χ0n) is 11.6. The van der Waals surface area contributed by atoms with Crippen LogP contribution < -0.4 is 10.1 Å². The van der Waals surface area contributed by atoms with E-state index in [0.717, 1.165) is 16.7 Å². The predicted octanol–water partition coefficient (Wildman–Crippen LogP) is 4.43. The van der Waals surface area contributed by atoms with Crippen molar-refractivity contribution in [2.75, 3.05) is 18.5 Å². The summed E-state index contributed by atoms with van der Waals surface area (Å²) in [5.41, 5.74) is 0.842. The smallest absolute Gasteiger partial charge is 0.137 e. The lowest BCUT2D eigenvalue weighted by atomic mass is 10.2. The van der Waals surface area contributed by atoms with Gasteiger partial charge in [-0.2, -0.15) is 0 Å². The number of rotatable bonds is 5. The van der Waals surface area contributed by atoms with E-state index in [1.54, 1.807) is 12.1 Å². The minimum Gasteiger partial charge on any atom is -0.490 e. The zero-order chi connectivity index (χ0) is 15.4. The molecule has 0 amide bonds. The summed E-state index contributed by atoms with van der Waals surface area (Å²) in [6.45, 7) is 1.06. The molecule has 0 fully saturated rings. The van der Waals surface area contributed by atoms with Crippen molar-refractivity contribution in [3.63, 3.8) is 0 Å². The Kier molecular flexibility index (Phi) is 4.61. The van der Waals surface area contributed by atoms with Crippen molar-refractivity contribution in [3.8, 4) is 5.75 Å². The van der Waals surface area contributed by atoms with E-state index in [1.807, 2.05) is 30.3 Å². The Bertz CT molecular complexity index is 795. The molecule has 0 unspecified atom stereocenters. The molecular formula is C16H13Cl2N3O. The van der Waals surface area contributed by atoms with Gasteiger partial charge in [0.15, 0.2) is 0 Å². The van der Waals surface area contributed by atoms with Crippen LogP contribution in [0.5, 0.6) is 5.75 Å². The average molecular weight is 334 g/mol. The molecule has 0 saturated heterocycles. The summed E-state index contributed by atoms with van der Waals surface area (Å²) in [6.07, 6.45) is 1.52. The number of anilines is 1. The number of para-hydroxylation sites is 1. The highest BCUT2D eigenvalue weighted by atomic mass is 35.5. The van der Waals surface area contributed by atoms with Crippen LogP contribution in [0.15, 0.2) is 48.8 Å². The molecule has 0 radical (unpaired) electrons. The molecule has 3 aromatic rings. The van der Waals surface area contributed by atoms with Crippen LogP contribution in [0.25, 0.3) is 10.9 Å². The third kappa shape index (κ3) is 3.40. The van der Waals surface area contributed by atoms with Crippen LogP contribution in [0.2, 0.25) is 10.0 Å². The minimum atomic E-state index is 0.468. The van der Waals surface area contributed by atoms with Gasteiger partial charge >= 0.3 is 0 Å². The van der Waals surface area contributed by atoms with Gasteiger partial charge in [-0.15, -0.1) is 0 Å². The molecule has 0 saturated carbocycles. The maximum atomic E-state index is 6.04. The molecule has 0 atom stereocenters. The van der Waals surface area contributed by atoms with Crippen molar-refractivity contribution in [3.05, 3.63) is 58.8 Å². The Balaban J connectivity index is 1.65. The van der Waals surface area contributed by atoms with Gasteiger partial charge in [0.1, 0.15) is 24.5 Å². The number of halogens is 2. The fourth-order valence-electron chi connectivity index (χ4n) is 2.06. The highest BCUT2D eigenvalue weighted by molar-refractivity contribution is 6.32. The van der Waals surface area contributed by atoms with Gasteiger partial charge in [0, 0.05) is 10.4 Å². The number of ether oxygens (including phenoxy) is 1. The van der Waals surface area contributed by atoms with Gasteiger partial charge < -0.3 is 10.1 Å². The van der Waals surface area contributed by atoms with Gasteiger partial charge in [-0.3, -0.25) is 0 Å². The Morgan fingerprint density at radius 2 is 1.91 bits per heavy atom. The minimum absolute atomic E-state index is 0.468. The van der Waals surface area contributed by atoms with Gasteiger partial charge in [0.05, 0.1) is 17.1 Å². The van der Waals surface area contributed by atoms with Crippen LogP contribution in [0.4, 0.5) is 5.82 Å². The van der Waals surface area contributed by atoms with E-state index >= 15 is 0 Å². The molecule has 112 valence electrons.